The molecule has 0 aromatic heterocycles. The van der Waals surface area contributed by atoms with Crippen LogP contribution in [-0.4, -0.2) is 23.9 Å². The first-order chi connectivity index (χ1) is 12.6. The topological polar surface area (TPSA) is 44.1 Å². The Hall–Kier alpha value is -2.57. The number of nitrogens with zero attached hydrogens (tertiary/aromatic N) is 2. The van der Waals surface area contributed by atoms with E-state index in [9.17, 15) is 10.1 Å². The lowest BCUT2D eigenvalue weighted by Crippen LogP contribution is -2.29. The Balaban J connectivity index is 1.72. The monoisotopic (exact) mass is 364 g/mol. The molecule has 3 rings (SSSR count). The van der Waals surface area contributed by atoms with Crippen LogP contribution < -0.4 is 0 Å². The lowest BCUT2D eigenvalue weighted by Gasteiger charge is -2.17. The van der Waals surface area contributed by atoms with Crippen LogP contribution in [0.2, 0.25) is 5.02 Å². The van der Waals surface area contributed by atoms with Crippen molar-refractivity contribution < 1.29 is 4.79 Å². The van der Waals surface area contributed by atoms with Gasteiger partial charge in [0.1, 0.15) is 11.6 Å². The zero-order valence-corrected chi connectivity index (χ0v) is 15.5. The maximum atomic E-state index is 12.8. The van der Waals surface area contributed by atoms with Crippen LogP contribution in [0, 0.1) is 11.3 Å². The number of allylic oxidation sites excluding steroid dienone is 1. The molecule has 1 fully saturated rings. The highest BCUT2D eigenvalue weighted by atomic mass is 35.5. The first-order valence-electron chi connectivity index (χ1n) is 8.80. The van der Waals surface area contributed by atoms with Gasteiger partial charge in [-0.2, -0.15) is 5.26 Å². The number of carbonyl (C=O) groups excluding carboxylic acids is 1. The summed E-state index contributed by atoms with van der Waals surface area (Å²) in [5, 5.41) is 10.1. The summed E-state index contributed by atoms with van der Waals surface area (Å²) in [6, 6.07) is 19.8. The zero-order chi connectivity index (χ0) is 18.5. The molecule has 0 saturated carbocycles. The molecule has 1 aliphatic rings. The molecule has 2 aromatic carbocycles. The maximum absolute atomic E-state index is 12.8. The minimum atomic E-state index is -0.181. The smallest absolute Gasteiger partial charge is 0.264 e. The van der Waals surface area contributed by atoms with Crippen LogP contribution in [0.5, 0.6) is 0 Å². The number of hydrogen-bond acceptors (Lipinski definition) is 2. The second-order valence-electron chi connectivity index (χ2n) is 6.68. The van der Waals surface area contributed by atoms with Gasteiger partial charge >= 0.3 is 0 Å². The van der Waals surface area contributed by atoms with Crippen molar-refractivity contribution in [1.29, 1.82) is 5.26 Å². The molecule has 0 radical (unpaired) electrons. The number of carbonyl (C=O) groups is 1. The average Bonchev–Trinajstić information content (AvgIpc) is 3.16. The highest BCUT2D eigenvalue weighted by Gasteiger charge is 2.29. The molecule has 0 N–H and O–H groups in total. The van der Waals surface area contributed by atoms with Gasteiger partial charge in [-0.15, -0.1) is 0 Å². The SMILES string of the molecule is CC(/C=C(\C#N)C(=O)N1CCC(c2ccccc2)C1)c1cccc(Cl)c1. The van der Waals surface area contributed by atoms with Gasteiger partial charge in [-0.3, -0.25) is 4.79 Å². The van der Waals surface area contributed by atoms with E-state index in [1.165, 1.54) is 5.56 Å². The number of amides is 1. The predicted molar refractivity (Wildman–Crippen MR) is 104 cm³/mol. The molecule has 2 atom stereocenters. The van der Waals surface area contributed by atoms with Crippen molar-refractivity contribution >= 4 is 17.5 Å². The van der Waals surface area contributed by atoms with Gasteiger partial charge in [0.2, 0.25) is 0 Å². The van der Waals surface area contributed by atoms with Crippen molar-refractivity contribution in [1.82, 2.24) is 4.90 Å². The van der Waals surface area contributed by atoms with Crippen LogP contribution >= 0.6 is 11.6 Å². The normalized spacial score (nSPS) is 18.4. The maximum Gasteiger partial charge on any atom is 0.264 e. The van der Waals surface area contributed by atoms with Crippen LogP contribution in [0.15, 0.2) is 66.2 Å². The van der Waals surface area contributed by atoms with Crippen LogP contribution in [0.25, 0.3) is 0 Å². The fourth-order valence-electron chi connectivity index (χ4n) is 3.40. The number of rotatable bonds is 4. The Morgan fingerprint density at radius 2 is 2.04 bits per heavy atom. The van der Waals surface area contributed by atoms with Gasteiger partial charge in [0.25, 0.3) is 5.91 Å². The third kappa shape index (κ3) is 4.15. The number of likely N-dealkylation sites (tertiary alicyclic amines) is 1. The second-order valence-corrected chi connectivity index (χ2v) is 7.12. The van der Waals surface area contributed by atoms with Gasteiger partial charge in [0.05, 0.1) is 0 Å². The molecule has 0 bridgehead atoms. The number of hydrogen-bond donors (Lipinski definition) is 0. The average molecular weight is 365 g/mol. The molecule has 0 spiro atoms. The van der Waals surface area contributed by atoms with Crippen molar-refractivity contribution in [2.75, 3.05) is 13.1 Å². The Kier molecular flexibility index (Phi) is 5.75. The Bertz CT molecular complexity index is 854. The summed E-state index contributed by atoms with van der Waals surface area (Å²) in [4.78, 5) is 14.6. The van der Waals surface area contributed by atoms with Crippen LogP contribution in [0.4, 0.5) is 0 Å². The van der Waals surface area contributed by atoms with E-state index in [2.05, 4.69) is 18.2 Å². The second kappa shape index (κ2) is 8.21. The van der Waals surface area contributed by atoms with E-state index >= 15 is 0 Å². The highest BCUT2D eigenvalue weighted by Crippen LogP contribution is 2.28. The standard InChI is InChI=1S/C22H21ClN2O/c1-16(18-8-5-9-21(23)13-18)12-20(14-24)22(26)25-11-10-19(15-25)17-6-3-2-4-7-17/h2-9,12-13,16,19H,10-11,15H2,1H3/b20-12+. The fourth-order valence-corrected chi connectivity index (χ4v) is 3.60. The van der Waals surface area contributed by atoms with Crippen molar-refractivity contribution in [2.24, 2.45) is 0 Å². The van der Waals surface area contributed by atoms with Crippen molar-refractivity contribution in [3.05, 3.63) is 82.4 Å². The Morgan fingerprint density at radius 1 is 1.27 bits per heavy atom. The molecule has 4 heteroatoms. The van der Waals surface area contributed by atoms with Crippen LogP contribution in [0.1, 0.15) is 36.3 Å². The molecule has 0 aliphatic carbocycles. The first kappa shape index (κ1) is 18.2. The molecular weight excluding hydrogens is 344 g/mol. The quantitative estimate of drug-likeness (QED) is 0.571. The summed E-state index contributed by atoms with van der Waals surface area (Å²) in [5.74, 6) is 0.102. The van der Waals surface area contributed by atoms with Gasteiger partial charge in [-0.1, -0.05) is 67.1 Å². The summed E-state index contributed by atoms with van der Waals surface area (Å²) < 4.78 is 0. The fraction of sp³-hybridized carbons (Fsp3) is 0.273. The van der Waals surface area contributed by atoms with E-state index in [4.69, 9.17) is 11.6 Å². The van der Waals surface area contributed by atoms with E-state index < -0.39 is 0 Å². The molecule has 1 heterocycles. The van der Waals surface area contributed by atoms with Gasteiger partial charge in [0.15, 0.2) is 0 Å². The largest absolute Gasteiger partial charge is 0.337 e. The van der Waals surface area contributed by atoms with Crippen LogP contribution in [0.3, 0.4) is 0 Å². The Morgan fingerprint density at radius 3 is 2.73 bits per heavy atom. The van der Waals surface area contributed by atoms with Gasteiger partial charge in [-0.25, -0.2) is 0 Å². The van der Waals surface area contributed by atoms with E-state index in [0.29, 0.717) is 24.0 Å². The number of halogens is 1. The zero-order valence-electron chi connectivity index (χ0n) is 14.7. The molecule has 2 aromatic rings. The molecule has 26 heavy (non-hydrogen) atoms. The van der Waals surface area contributed by atoms with Crippen molar-refractivity contribution in [2.45, 2.75) is 25.2 Å². The minimum absolute atomic E-state index is 0.0557. The minimum Gasteiger partial charge on any atom is -0.337 e. The van der Waals surface area contributed by atoms with Gasteiger partial charge < -0.3 is 4.90 Å². The molecule has 1 amide bonds. The molecule has 2 unspecified atom stereocenters. The van der Waals surface area contributed by atoms with E-state index in [0.717, 1.165) is 12.0 Å². The molecule has 132 valence electrons. The van der Waals surface area contributed by atoms with E-state index in [1.54, 1.807) is 11.0 Å². The molecule has 1 aliphatic heterocycles. The summed E-state index contributed by atoms with van der Waals surface area (Å²) >= 11 is 6.04. The van der Waals surface area contributed by atoms with Crippen molar-refractivity contribution in [3.63, 3.8) is 0 Å². The van der Waals surface area contributed by atoms with Gasteiger partial charge in [0, 0.05) is 29.9 Å². The first-order valence-corrected chi connectivity index (χ1v) is 9.18. The Labute approximate surface area is 159 Å². The van der Waals surface area contributed by atoms with Gasteiger partial charge in [-0.05, 0) is 29.7 Å². The lowest BCUT2D eigenvalue weighted by atomic mass is 9.98. The van der Waals surface area contributed by atoms with Crippen molar-refractivity contribution in [3.8, 4) is 6.07 Å². The van der Waals surface area contributed by atoms with Crippen LogP contribution in [-0.2, 0) is 4.79 Å². The van der Waals surface area contributed by atoms with E-state index in [1.807, 2.05) is 49.4 Å². The summed E-state index contributed by atoms with van der Waals surface area (Å²) in [6.07, 6.45) is 2.67. The summed E-state index contributed by atoms with van der Waals surface area (Å²) in [7, 11) is 0. The third-order valence-corrected chi connectivity index (χ3v) is 5.12. The molecule has 1 saturated heterocycles. The van der Waals surface area contributed by atoms with E-state index in [-0.39, 0.29) is 17.4 Å². The lowest BCUT2D eigenvalue weighted by molar-refractivity contribution is -0.125. The predicted octanol–water partition coefficient (Wildman–Crippen LogP) is 4.91. The molecule has 3 nitrogen and oxygen atoms in total. The number of benzene rings is 2. The highest BCUT2D eigenvalue weighted by molar-refractivity contribution is 6.30. The summed E-state index contributed by atoms with van der Waals surface area (Å²) in [6.45, 7) is 3.31. The summed E-state index contributed by atoms with van der Waals surface area (Å²) in [5.41, 5.74) is 2.44. The number of nitriles is 1. The third-order valence-electron chi connectivity index (χ3n) is 4.89. The molecular formula is C22H21ClN2O.